The van der Waals surface area contributed by atoms with Crippen LogP contribution in [0.3, 0.4) is 0 Å². The van der Waals surface area contributed by atoms with Crippen LogP contribution < -0.4 is 25.0 Å². The average Bonchev–Trinajstić information content (AvgIpc) is 3.45. The summed E-state index contributed by atoms with van der Waals surface area (Å²) in [5, 5.41) is 13.9. The lowest BCUT2D eigenvalue weighted by molar-refractivity contribution is -0.134. The van der Waals surface area contributed by atoms with Gasteiger partial charge in [-0.25, -0.2) is 14.8 Å². The summed E-state index contributed by atoms with van der Waals surface area (Å²) < 4.78 is 17.8. The lowest BCUT2D eigenvalue weighted by Gasteiger charge is -2.21. The maximum Gasteiger partial charge on any atom is 0.412 e. The molecule has 0 atom stereocenters. The van der Waals surface area contributed by atoms with E-state index in [4.69, 9.17) is 24.6 Å². The lowest BCUT2D eigenvalue weighted by atomic mass is 10.1. The predicted molar refractivity (Wildman–Crippen MR) is 190 cm³/mol. The van der Waals surface area contributed by atoms with Crippen molar-refractivity contribution in [1.82, 2.24) is 19.9 Å². The molecule has 0 aliphatic carbocycles. The Balaban J connectivity index is 1.24. The summed E-state index contributed by atoms with van der Waals surface area (Å²) in [6, 6.07) is 24.5. The topological polar surface area (TPSA) is 161 Å². The first-order chi connectivity index (χ1) is 24.3. The van der Waals surface area contributed by atoms with Gasteiger partial charge >= 0.3 is 12.1 Å². The highest BCUT2D eigenvalue weighted by atomic mass is 16.6. The molecule has 0 fully saturated rings. The summed E-state index contributed by atoms with van der Waals surface area (Å²) in [6.07, 6.45) is 2.54. The molecule has 0 aliphatic rings. The number of imidazole rings is 1. The molecule has 3 N–H and O–H groups in total. The molecule has 13 nitrogen and oxygen atoms in total. The first kappa shape index (κ1) is 35.1. The zero-order valence-electron chi connectivity index (χ0n) is 28.1. The van der Waals surface area contributed by atoms with Gasteiger partial charge in [-0.1, -0.05) is 31.5 Å². The van der Waals surface area contributed by atoms with Crippen LogP contribution in [0.2, 0.25) is 0 Å². The standard InChI is InChI=1S/C37H39N7O6/c1-4-5-22-49-37(47)42-35(38)25-13-16-27(17-14-25)40-24-33-41-28-23-26(15-18-29(28)43(33)2)36(46)44(32-12-8-9-20-39-32)21-19-34(45)50-31-11-7-6-10-30(31)48-3/h6-18,20,23,40H,4-5,19,21-22,24H2,1-3H3,(H2,38,42,47). The molecule has 258 valence electrons. The van der Waals surface area contributed by atoms with Crippen molar-refractivity contribution < 1.29 is 28.6 Å². The molecule has 0 saturated carbocycles. The number of aromatic nitrogens is 3. The van der Waals surface area contributed by atoms with Crippen LogP contribution in [-0.4, -0.2) is 58.6 Å². The van der Waals surface area contributed by atoms with E-state index >= 15 is 0 Å². The third-order valence-electron chi connectivity index (χ3n) is 7.81. The normalized spacial score (nSPS) is 10.7. The number of unbranched alkanes of at least 4 members (excludes halogenated alkanes) is 1. The van der Waals surface area contributed by atoms with Gasteiger partial charge in [0.25, 0.3) is 5.91 Å². The van der Waals surface area contributed by atoms with Crippen LogP contribution >= 0.6 is 0 Å². The van der Waals surface area contributed by atoms with Crippen LogP contribution in [0.5, 0.6) is 11.5 Å². The van der Waals surface area contributed by atoms with Gasteiger partial charge in [0.2, 0.25) is 0 Å². The Labute approximate surface area is 289 Å². The van der Waals surface area contributed by atoms with Crippen LogP contribution in [0.1, 0.15) is 47.9 Å². The van der Waals surface area contributed by atoms with Gasteiger partial charge in [-0.2, -0.15) is 0 Å². The molecule has 2 aromatic heterocycles. The number of amidine groups is 1. The van der Waals surface area contributed by atoms with Crippen molar-refractivity contribution in [1.29, 1.82) is 5.41 Å². The third-order valence-corrected chi connectivity index (χ3v) is 7.81. The van der Waals surface area contributed by atoms with Gasteiger partial charge in [-0.3, -0.25) is 25.2 Å². The molecule has 13 heteroatoms. The van der Waals surface area contributed by atoms with Crippen molar-refractivity contribution in [3.05, 3.63) is 108 Å². The number of anilines is 2. The molecule has 0 aliphatic heterocycles. The smallest absolute Gasteiger partial charge is 0.412 e. The molecule has 2 heterocycles. The Morgan fingerprint density at radius 2 is 1.68 bits per heavy atom. The van der Waals surface area contributed by atoms with Crippen LogP contribution in [0.15, 0.2) is 91.1 Å². The first-order valence-electron chi connectivity index (χ1n) is 16.2. The molecule has 0 saturated heterocycles. The number of esters is 1. The van der Waals surface area contributed by atoms with Gasteiger partial charge in [-0.15, -0.1) is 0 Å². The molecule has 0 radical (unpaired) electrons. The van der Waals surface area contributed by atoms with Crippen molar-refractivity contribution in [3.8, 4) is 11.5 Å². The highest BCUT2D eigenvalue weighted by Gasteiger charge is 2.22. The highest BCUT2D eigenvalue weighted by molar-refractivity contribution is 6.07. The fourth-order valence-corrected chi connectivity index (χ4v) is 5.07. The monoisotopic (exact) mass is 677 g/mol. The molecule has 50 heavy (non-hydrogen) atoms. The number of nitrogens with zero attached hydrogens (tertiary/aromatic N) is 4. The second-order valence-corrected chi connectivity index (χ2v) is 11.2. The molecular weight excluding hydrogens is 638 g/mol. The SMILES string of the molecule is CCCCOC(=O)NC(=N)c1ccc(NCc2nc3cc(C(=O)N(CCC(=O)Oc4ccccc4OC)c4ccccn4)ccc3n2C)cc1. The molecule has 2 amide bonds. The van der Waals surface area contributed by atoms with E-state index in [9.17, 15) is 14.4 Å². The lowest BCUT2D eigenvalue weighted by Crippen LogP contribution is -2.34. The van der Waals surface area contributed by atoms with Crippen LogP contribution in [-0.2, 0) is 23.1 Å². The quantitative estimate of drug-likeness (QED) is 0.0416. The summed E-state index contributed by atoms with van der Waals surface area (Å²) in [5.74, 6) is 0.961. The number of carbonyl (C=O) groups excluding carboxylic acids is 3. The number of aryl methyl sites for hydroxylation is 1. The number of carbonyl (C=O) groups is 3. The number of ether oxygens (including phenoxy) is 3. The third kappa shape index (κ3) is 8.81. The van der Waals surface area contributed by atoms with E-state index in [0.29, 0.717) is 47.1 Å². The van der Waals surface area contributed by atoms with Crippen molar-refractivity contribution in [2.75, 3.05) is 30.5 Å². The fourth-order valence-electron chi connectivity index (χ4n) is 5.07. The van der Waals surface area contributed by atoms with Gasteiger partial charge in [0.05, 0.1) is 37.7 Å². The Hall–Kier alpha value is -6.24. The summed E-state index contributed by atoms with van der Waals surface area (Å²) in [7, 11) is 3.40. The Morgan fingerprint density at radius 3 is 2.40 bits per heavy atom. The molecular formula is C37H39N7O6. The number of hydrogen-bond donors (Lipinski definition) is 3. The van der Waals surface area contributed by atoms with E-state index in [2.05, 4.69) is 15.6 Å². The van der Waals surface area contributed by atoms with Crippen molar-refractivity contribution >= 4 is 46.3 Å². The molecule has 5 rings (SSSR count). The van der Waals surface area contributed by atoms with Gasteiger partial charge in [0.1, 0.15) is 17.5 Å². The summed E-state index contributed by atoms with van der Waals surface area (Å²) in [6.45, 7) is 2.74. The fraction of sp³-hybridized carbons (Fsp3) is 0.243. The summed E-state index contributed by atoms with van der Waals surface area (Å²) in [4.78, 5) is 49.1. The summed E-state index contributed by atoms with van der Waals surface area (Å²) >= 11 is 0. The number of benzene rings is 3. The van der Waals surface area contributed by atoms with Gasteiger partial charge in [-0.05, 0) is 73.2 Å². The highest BCUT2D eigenvalue weighted by Crippen LogP contribution is 2.26. The molecule has 3 aromatic carbocycles. The zero-order chi connectivity index (χ0) is 35.5. The maximum absolute atomic E-state index is 13.9. The number of pyridine rings is 1. The summed E-state index contributed by atoms with van der Waals surface area (Å²) in [5.41, 5.74) is 3.19. The van der Waals surface area contributed by atoms with E-state index in [1.165, 1.54) is 12.0 Å². The largest absolute Gasteiger partial charge is 0.493 e. The average molecular weight is 678 g/mol. The second kappa shape index (κ2) is 16.7. The maximum atomic E-state index is 13.9. The van der Waals surface area contributed by atoms with E-state index in [1.807, 2.05) is 36.7 Å². The number of amides is 2. The number of fused-ring (bicyclic) bond motifs is 1. The number of nitrogens with one attached hydrogen (secondary N) is 3. The molecule has 0 bridgehead atoms. The Morgan fingerprint density at radius 1 is 0.940 bits per heavy atom. The molecule has 5 aromatic rings. The second-order valence-electron chi connectivity index (χ2n) is 11.2. The Bertz CT molecular complexity index is 1960. The van der Waals surface area contributed by atoms with E-state index in [1.54, 1.807) is 72.9 Å². The van der Waals surface area contributed by atoms with Gasteiger partial charge < -0.3 is 24.1 Å². The van der Waals surface area contributed by atoms with E-state index in [0.717, 1.165) is 29.9 Å². The van der Waals surface area contributed by atoms with E-state index in [-0.39, 0.29) is 24.7 Å². The van der Waals surface area contributed by atoms with Gasteiger partial charge in [0, 0.05) is 36.6 Å². The first-order valence-corrected chi connectivity index (χ1v) is 16.2. The van der Waals surface area contributed by atoms with E-state index < -0.39 is 12.1 Å². The number of alkyl carbamates (subject to hydrolysis) is 1. The van der Waals surface area contributed by atoms with Gasteiger partial charge in [0.15, 0.2) is 11.5 Å². The number of para-hydroxylation sites is 2. The minimum absolute atomic E-state index is 0.0383. The minimum Gasteiger partial charge on any atom is -0.493 e. The number of hydrogen-bond acceptors (Lipinski definition) is 10. The van der Waals surface area contributed by atoms with Crippen LogP contribution in [0.25, 0.3) is 11.0 Å². The predicted octanol–water partition coefficient (Wildman–Crippen LogP) is 6.08. The Kier molecular flexibility index (Phi) is 11.7. The van der Waals surface area contributed by atoms with Crippen molar-refractivity contribution in [2.45, 2.75) is 32.7 Å². The van der Waals surface area contributed by atoms with Crippen molar-refractivity contribution in [2.24, 2.45) is 7.05 Å². The number of methoxy groups -OCH3 is 1. The minimum atomic E-state index is -0.647. The number of rotatable bonds is 14. The molecule has 0 spiro atoms. The van der Waals surface area contributed by atoms with Crippen molar-refractivity contribution in [3.63, 3.8) is 0 Å². The zero-order valence-corrected chi connectivity index (χ0v) is 28.1. The van der Waals surface area contributed by atoms with Crippen LogP contribution in [0, 0.1) is 5.41 Å². The van der Waals surface area contributed by atoms with Crippen LogP contribution in [0.4, 0.5) is 16.3 Å². The molecule has 0 unspecified atom stereocenters.